The molecule has 0 bridgehead atoms. The van der Waals surface area contributed by atoms with E-state index in [1.807, 2.05) is 52.9 Å². The fourth-order valence-corrected chi connectivity index (χ4v) is 2.39. The maximum atomic E-state index is 13.8. The molecule has 1 N–H and O–H groups in total. The monoisotopic (exact) mass is 454 g/mol. The molecule has 2 aromatic rings. The van der Waals surface area contributed by atoms with Gasteiger partial charge in [0.05, 0.1) is 12.3 Å². The Labute approximate surface area is 158 Å². The Kier molecular flexibility index (Phi) is 7.20. The summed E-state index contributed by atoms with van der Waals surface area (Å²) in [5, 5.41) is 3.75. The summed E-state index contributed by atoms with van der Waals surface area (Å²) in [5.74, 6) is -1.61. The number of carbonyl (C=O) groups excluding carboxylic acids is 2. The predicted octanol–water partition coefficient (Wildman–Crippen LogP) is 3.57. The van der Waals surface area contributed by atoms with E-state index >= 15 is 0 Å². The molecule has 0 aliphatic carbocycles. The molecule has 0 heterocycles. The standard InChI is InChI=1S/C18H16FIN2O3/c1-12(23)18(22-21-16-8-7-14(20)9-15(16)19)17(24)11-25-10-13-5-3-2-4-6-13/h2-9,21H,10-11H2,1H3/b22-18-. The summed E-state index contributed by atoms with van der Waals surface area (Å²) in [6, 6.07) is 13.8. The zero-order chi connectivity index (χ0) is 18.2. The fourth-order valence-electron chi connectivity index (χ4n) is 1.94. The Morgan fingerprint density at radius 1 is 1.20 bits per heavy atom. The van der Waals surface area contributed by atoms with Crippen molar-refractivity contribution in [3.63, 3.8) is 0 Å². The Balaban J connectivity index is 1.98. The minimum absolute atomic E-state index is 0.0807. The normalized spacial score (nSPS) is 11.2. The van der Waals surface area contributed by atoms with E-state index in [0.29, 0.717) is 0 Å². The number of benzene rings is 2. The van der Waals surface area contributed by atoms with E-state index in [9.17, 15) is 14.0 Å². The minimum atomic E-state index is -0.568. The number of hydrogen-bond donors (Lipinski definition) is 1. The van der Waals surface area contributed by atoms with Gasteiger partial charge < -0.3 is 4.74 Å². The molecule has 25 heavy (non-hydrogen) atoms. The van der Waals surface area contributed by atoms with E-state index in [1.165, 1.54) is 19.1 Å². The summed E-state index contributed by atoms with van der Waals surface area (Å²) < 4.78 is 19.8. The maximum Gasteiger partial charge on any atom is 0.212 e. The van der Waals surface area contributed by atoms with Crippen LogP contribution in [0.2, 0.25) is 0 Å². The van der Waals surface area contributed by atoms with Crippen LogP contribution >= 0.6 is 22.6 Å². The quantitative estimate of drug-likeness (QED) is 0.287. The Bertz CT molecular complexity index is 794. The Morgan fingerprint density at radius 3 is 2.56 bits per heavy atom. The van der Waals surface area contributed by atoms with E-state index in [-0.39, 0.29) is 24.6 Å². The smallest absolute Gasteiger partial charge is 0.212 e. The lowest BCUT2D eigenvalue weighted by atomic mass is 10.2. The zero-order valence-corrected chi connectivity index (χ0v) is 15.6. The SMILES string of the molecule is CC(=O)/C(=N/Nc1ccc(I)cc1F)C(=O)COCc1ccccc1. The van der Waals surface area contributed by atoms with Crippen LogP contribution in [0.25, 0.3) is 0 Å². The number of anilines is 1. The van der Waals surface area contributed by atoms with Crippen LogP contribution in [0.15, 0.2) is 53.6 Å². The second-order valence-electron chi connectivity index (χ2n) is 5.15. The molecule has 5 nitrogen and oxygen atoms in total. The molecule has 0 aliphatic heterocycles. The number of rotatable bonds is 8. The van der Waals surface area contributed by atoms with E-state index < -0.39 is 17.4 Å². The molecule has 0 amide bonds. The number of hydrogen-bond acceptors (Lipinski definition) is 5. The van der Waals surface area contributed by atoms with E-state index in [2.05, 4.69) is 10.5 Å². The van der Waals surface area contributed by atoms with Crippen LogP contribution in [0, 0.1) is 9.39 Å². The summed E-state index contributed by atoms with van der Waals surface area (Å²) >= 11 is 1.98. The first-order valence-electron chi connectivity index (χ1n) is 7.42. The fraction of sp³-hybridized carbons (Fsp3) is 0.167. The number of nitrogens with zero attached hydrogens (tertiary/aromatic N) is 1. The second kappa shape index (κ2) is 9.38. The van der Waals surface area contributed by atoms with Gasteiger partial charge in [-0.2, -0.15) is 5.10 Å². The molecule has 7 heteroatoms. The molecule has 2 aromatic carbocycles. The van der Waals surface area contributed by atoms with Crippen LogP contribution in [0.5, 0.6) is 0 Å². The molecule has 0 radical (unpaired) electrons. The van der Waals surface area contributed by atoms with Gasteiger partial charge in [-0.05, 0) is 46.4 Å². The minimum Gasteiger partial charge on any atom is -0.369 e. The zero-order valence-electron chi connectivity index (χ0n) is 13.5. The number of hydrazone groups is 1. The molecule has 0 atom stereocenters. The molecule has 0 spiro atoms. The van der Waals surface area contributed by atoms with Crippen molar-refractivity contribution < 1.29 is 18.7 Å². The number of carbonyl (C=O) groups is 2. The molecule has 0 aromatic heterocycles. The number of ketones is 2. The molecule has 0 fully saturated rings. The van der Waals surface area contributed by atoms with Crippen LogP contribution in [0.1, 0.15) is 12.5 Å². The number of halogens is 2. The van der Waals surface area contributed by atoms with Crippen molar-refractivity contribution in [2.45, 2.75) is 13.5 Å². The van der Waals surface area contributed by atoms with Crippen LogP contribution < -0.4 is 5.43 Å². The summed E-state index contributed by atoms with van der Waals surface area (Å²) in [5.41, 5.74) is 3.10. The topological polar surface area (TPSA) is 67.8 Å². The van der Waals surface area contributed by atoms with E-state index in [1.54, 1.807) is 6.07 Å². The van der Waals surface area contributed by atoms with Gasteiger partial charge in [0.1, 0.15) is 12.4 Å². The highest BCUT2D eigenvalue weighted by atomic mass is 127. The van der Waals surface area contributed by atoms with Gasteiger partial charge >= 0.3 is 0 Å². The van der Waals surface area contributed by atoms with Crippen molar-refractivity contribution >= 4 is 45.6 Å². The van der Waals surface area contributed by atoms with Crippen molar-refractivity contribution in [2.75, 3.05) is 12.0 Å². The summed E-state index contributed by atoms with van der Waals surface area (Å²) in [6.07, 6.45) is 0. The maximum absolute atomic E-state index is 13.8. The molecule has 0 saturated heterocycles. The van der Waals surface area contributed by atoms with Crippen LogP contribution in [-0.2, 0) is 20.9 Å². The Hall–Kier alpha value is -2.13. The first-order chi connectivity index (χ1) is 12.0. The van der Waals surface area contributed by atoms with Gasteiger partial charge in [-0.15, -0.1) is 0 Å². The molecule has 130 valence electrons. The van der Waals surface area contributed by atoms with E-state index in [4.69, 9.17) is 4.74 Å². The highest BCUT2D eigenvalue weighted by molar-refractivity contribution is 14.1. The largest absolute Gasteiger partial charge is 0.369 e. The summed E-state index contributed by atoms with van der Waals surface area (Å²) in [6.45, 7) is 1.18. The van der Waals surface area contributed by atoms with Gasteiger partial charge in [0.15, 0.2) is 11.5 Å². The molecule has 0 aliphatic rings. The van der Waals surface area contributed by atoms with Crippen LogP contribution in [0.3, 0.4) is 0 Å². The predicted molar refractivity (Wildman–Crippen MR) is 102 cm³/mol. The highest BCUT2D eigenvalue weighted by Crippen LogP contribution is 2.16. The first kappa shape index (κ1) is 19.2. The van der Waals surface area contributed by atoms with Crippen molar-refractivity contribution in [1.29, 1.82) is 0 Å². The van der Waals surface area contributed by atoms with Gasteiger partial charge in [0.2, 0.25) is 5.78 Å². The third-order valence-corrected chi connectivity index (χ3v) is 3.83. The molecular weight excluding hydrogens is 438 g/mol. The first-order valence-corrected chi connectivity index (χ1v) is 8.50. The number of Topliss-reactive ketones (excluding diaryl/α,β-unsaturated/α-hetero) is 2. The third kappa shape index (κ3) is 6.02. The van der Waals surface area contributed by atoms with Gasteiger partial charge in [-0.25, -0.2) is 4.39 Å². The second-order valence-corrected chi connectivity index (χ2v) is 6.40. The van der Waals surface area contributed by atoms with Crippen LogP contribution in [0.4, 0.5) is 10.1 Å². The van der Waals surface area contributed by atoms with Gasteiger partial charge in [-0.1, -0.05) is 30.3 Å². The van der Waals surface area contributed by atoms with Gasteiger partial charge in [0.25, 0.3) is 0 Å². The molecule has 0 unspecified atom stereocenters. The lowest BCUT2D eigenvalue weighted by molar-refractivity contribution is -0.119. The van der Waals surface area contributed by atoms with Crippen LogP contribution in [-0.4, -0.2) is 23.9 Å². The Morgan fingerprint density at radius 2 is 1.92 bits per heavy atom. The lowest BCUT2D eigenvalue weighted by Gasteiger charge is -2.07. The highest BCUT2D eigenvalue weighted by Gasteiger charge is 2.17. The van der Waals surface area contributed by atoms with Crippen molar-refractivity contribution in [3.8, 4) is 0 Å². The molecule has 0 saturated carbocycles. The summed E-state index contributed by atoms with van der Waals surface area (Å²) in [4.78, 5) is 23.8. The number of ether oxygens (including phenoxy) is 1. The van der Waals surface area contributed by atoms with Gasteiger partial charge in [0, 0.05) is 10.5 Å². The summed E-state index contributed by atoms with van der Waals surface area (Å²) in [7, 11) is 0. The molecular formula is C18H16FIN2O3. The van der Waals surface area contributed by atoms with Crippen molar-refractivity contribution in [1.82, 2.24) is 0 Å². The van der Waals surface area contributed by atoms with Crippen molar-refractivity contribution in [3.05, 3.63) is 63.5 Å². The van der Waals surface area contributed by atoms with Crippen molar-refractivity contribution in [2.24, 2.45) is 5.10 Å². The number of nitrogens with one attached hydrogen (secondary N) is 1. The average Bonchev–Trinajstić information content (AvgIpc) is 2.57. The average molecular weight is 454 g/mol. The van der Waals surface area contributed by atoms with Gasteiger partial charge in [-0.3, -0.25) is 15.0 Å². The molecule has 2 rings (SSSR count). The van der Waals surface area contributed by atoms with E-state index in [0.717, 1.165) is 9.13 Å². The lowest BCUT2D eigenvalue weighted by Crippen LogP contribution is -2.27. The third-order valence-electron chi connectivity index (χ3n) is 3.16.